The molecular weight excluding hydrogens is 272 g/mol. The van der Waals surface area contributed by atoms with E-state index in [1.54, 1.807) is 0 Å². The monoisotopic (exact) mass is 302 g/mol. The summed E-state index contributed by atoms with van der Waals surface area (Å²) in [5.41, 5.74) is 1.47. The lowest BCUT2D eigenvalue weighted by atomic mass is 9.44. The number of hydrogen-bond donors (Lipinski definition) is 1. The molecule has 0 aromatic carbocycles. The zero-order valence-corrected chi connectivity index (χ0v) is 14.1. The Morgan fingerprint density at radius 2 is 1.91 bits per heavy atom. The van der Waals surface area contributed by atoms with Gasteiger partial charge in [0.1, 0.15) is 5.78 Å². The molecule has 0 aromatic rings. The first-order chi connectivity index (χ1) is 10.4. The van der Waals surface area contributed by atoms with E-state index in [1.807, 2.05) is 0 Å². The molecule has 22 heavy (non-hydrogen) atoms. The Kier molecular flexibility index (Phi) is 3.18. The van der Waals surface area contributed by atoms with Crippen molar-refractivity contribution in [3.63, 3.8) is 0 Å². The third kappa shape index (κ3) is 1.74. The lowest BCUT2D eigenvalue weighted by Crippen LogP contribution is -2.54. The Morgan fingerprint density at radius 1 is 1.14 bits per heavy atom. The summed E-state index contributed by atoms with van der Waals surface area (Å²) < 4.78 is 0. The van der Waals surface area contributed by atoms with Gasteiger partial charge in [0.2, 0.25) is 0 Å². The van der Waals surface area contributed by atoms with E-state index >= 15 is 0 Å². The first kappa shape index (κ1) is 14.9. The summed E-state index contributed by atoms with van der Waals surface area (Å²) in [4.78, 5) is 12.4. The molecule has 4 aliphatic carbocycles. The van der Waals surface area contributed by atoms with Gasteiger partial charge in [-0.1, -0.05) is 26.0 Å². The van der Waals surface area contributed by atoms with Crippen LogP contribution in [0.1, 0.15) is 65.2 Å². The third-order valence-corrected chi connectivity index (χ3v) is 8.41. The van der Waals surface area contributed by atoms with Crippen LogP contribution < -0.4 is 0 Å². The number of rotatable bonds is 0. The van der Waals surface area contributed by atoms with Crippen LogP contribution in [0.15, 0.2) is 12.2 Å². The molecule has 2 nitrogen and oxygen atoms in total. The highest BCUT2D eigenvalue weighted by molar-refractivity contribution is 5.87. The van der Waals surface area contributed by atoms with E-state index in [9.17, 15) is 9.90 Å². The van der Waals surface area contributed by atoms with Gasteiger partial charge in [0, 0.05) is 11.8 Å². The fraction of sp³-hybridized carbons (Fsp3) is 0.850. The molecule has 0 spiro atoms. The quantitative estimate of drug-likeness (QED) is 0.683. The molecule has 4 saturated carbocycles. The van der Waals surface area contributed by atoms with Crippen LogP contribution in [0.5, 0.6) is 0 Å². The standard InChI is InChI=1S/C20H30O2/c1-12-10-14(21)11-13-4-5-15-16-6-7-18(22)19(16,2)9-8-17(15)20(12,13)3/h13-17,21H,1,4-11H2,2-3H3. The molecule has 1 N–H and O–H groups in total. The Hall–Kier alpha value is -0.630. The third-order valence-electron chi connectivity index (χ3n) is 8.41. The lowest BCUT2D eigenvalue weighted by Gasteiger charge is -2.60. The topological polar surface area (TPSA) is 37.3 Å². The molecule has 2 heteroatoms. The molecule has 0 aliphatic heterocycles. The molecule has 0 aromatic heterocycles. The second kappa shape index (κ2) is 4.69. The van der Waals surface area contributed by atoms with E-state index in [-0.39, 0.29) is 16.9 Å². The predicted octanol–water partition coefficient (Wildman–Crippen LogP) is 4.13. The van der Waals surface area contributed by atoms with Crippen molar-refractivity contribution in [3.05, 3.63) is 12.2 Å². The van der Waals surface area contributed by atoms with Crippen molar-refractivity contribution in [2.45, 2.75) is 71.3 Å². The Morgan fingerprint density at radius 3 is 2.68 bits per heavy atom. The number of ketones is 1. The van der Waals surface area contributed by atoms with E-state index in [4.69, 9.17) is 0 Å². The number of hydrogen-bond acceptors (Lipinski definition) is 2. The van der Waals surface area contributed by atoms with Crippen molar-refractivity contribution in [2.75, 3.05) is 0 Å². The van der Waals surface area contributed by atoms with Crippen LogP contribution in [-0.4, -0.2) is 17.0 Å². The molecule has 0 heterocycles. The first-order valence-electron chi connectivity index (χ1n) is 9.27. The fourth-order valence-corrected chi connectivity index (χ4v) is 7.03. The van der Waals surface area contributed by atoms with Gasteiger partial charge in [-0.25, -0.2) is 0 Å². The molecule has 0 radical (unpaired) electrons. The van der Waals surface area contributed by atoms with Crippen molar-refractivity contribution in [1.29, 1.82) is 0 Å². The number of aliphatic hydroxyl groups excluding tert-OH is 1. The van der Waals surface area contributed by atoms with Crippen LogP contribution in [0.2, 0.25) is 0 Å². The van der Waals surface area contributed by atoms with Gasteiger partial charge in [-0.05, 0) is 74.0 Å². The molecule has 0 amide bonds. The van der Waals surface area contributed by atoms with E-state index < -0.39 is 0 Å². The normalized spacial score (nSPS) is 54.6. The Balaban J connectivity index is 1.69. The minimum Gasteiger partial charge on any atom is -0.393 e. The molecule has 4 aliphatic rings. The van der Waals surface area contributed by atoms with Crippen LogP contribution in [0.4, 0.5) is 0 Å². The van der Waals surface area contributed by atoms with Crippen molar-refractivity contribution < 1.29 is 9.90 Å². The number of fused-ring (bicyclic) bond motifs is 5. The first-order valence-corrected chi connectivity index (χ1v) is 9.27. The summed E-state index contributed by atoms with van der Waals surface area (Å²) in [6.07, 6.45) is 8.24. The van der Waals surface area contributed by atoms with Gasteiger partial charge in [0.05, 0.1) is 6.10 Å². The second-order valence-corrected chi connectivity index (χ2v) is 9.05. The zero-order valence-electron chi connectivity index (χ0n) is 14.1. The molecule has 7 atom stereocenters. The maximum Gasteiger partial charge on any atom is 0.139 e. The molecule has 0 bridgehead atoms. The highest BCUT2D eigenvalue weighted by Crippen LogP contribution is 2.66. The van der Waals surface area contributed by atoms with Crippen molar-refractivity contribution >= 4 is 5.78 Å². The summed E-state index contributed by atoms with van der Waals surface area (Å²) >= 11 is 0. The molecule has 4 fully saturated rings. The largest absolute Gasteiger partial charge is 0.393 e. The fourth-order valence-electron chi connectivity index (χ4n) is 7.03. The molecular formula is C20H30O2. The van der Waals surface area contributed by atoms with E-state index in [1.165, 1.54) is 24.8 Å². The molecule has 4 rings (SSSR count). The minimum atomic E-state index is -0.177. The summed E-state index contributed by atoms with van der Waals surface area (Å²) in [6.45, 7) is 9.08. The summed E-state index contributed by atoms with van der Waals surface area (Å²) in [6, 6.07) is 0. The van der Waals surface area contributed by atoms with Gasteiger partial charge in [0.15, 0.2) is 0 Å². The average molecular weight is 302 g/mol. The van der Waals surface area contributed by atoms with Crippen molar-refractivity contribution in [3.8, 4) is 0 Å². The second-order valence-electron chi connectivity index (χ2n) is 9.05. The zero-order chi connectivity index (χ0) is 15.7. The highest BCUT2D eigenvalue weighted by Gasteiger charge is 2.60. The Bertz CT molecular complexity index is 524. The van der Waals surface area contributed by atoms with E-state index in [2.05, 4.69) is 20.4 Å². The predicted molar refractivity (Wildman–Crippen MR) is 87.3 cm³/mol. The van der Waals surface area contributed by atoms with E-state index in [0.29, 0.717) is 29.5 Å². The summed E-state index contributed by atoms with van der Waals surface area (Å²) in [5, 5.41) is 10.1. The highest BCUT2D eigenvalue weighted by atomic mass is 16.3. The van der Waals surface area contributed by atoms with Crippen LogP contribution in [0.25, 0.3) is 0 Å². The van der Waals surface area contributed by atoms with Gasteiger partial charge in [0.25, 0.3) is 0 Å². The Labute approximate surface area is 134 Å². The number of carbonyl (C=O) groups is 1. The van der Waals surface area contributed by atoms with Gasteiger partial charge in [-0.3, -0.25) is 4.79 Å². The van der Waals surface area contributed by atoms with Gasteiger partial charge in [-0.15, -0.1) is 0 Å². The van der Waals surface area contributed by atoms with Crippen molar-refractivity contribution in [1.82, 2.24) is 0 Å². The molecule has 7 unspecified atom stereocenters. The van der Waals surface area contributed by atoms with Crippen LogP contribution in [-0.2, 0) is 4.79 Å². The summed E-state index contributed by atoms with van der Waals surface area (Å²) in [7, 11) is 0. The molecule has 122 valence electrons. The van der Waals surface area contributed by atoms with Gasteiger partial charge < -0.3 is 5.11 Å². The van der Waals surface area contributed by atoms with Crippen LogP contribution in [0.3, 0.4) is 0 Å². The maximum atomic E-state index is 12.4. The smallest absolute Gasteiger partial charge is 0.139 e. The van der Waals surface area contributed by atoms with Crippen LogP contribution in [0, 0.1) is 34.5 Å². The van der Waals surface area contributed by atoms with Crippen molar-refractivity contribution in [2.24, 2.45) is 34.5 Å². The average Bonchev–Trinajstić information content (AvgIpc) is 2.77. The van der Waals surface area contributed by atoms with E-state index in [0.717, 1.165) is 32.1 Å². The number of Topliss-reactive ketones (excluding diaryl/α,β-unsaturated/α-hetero) is 1. The maximum absolute atomic E-state index is 12.4. The van der Waals surface area contributed by atoms with Gasteiger partial charge >= 0.3 is 0 Å². The summed E-state index contributed by atoms with van der Waals surface area (Å²) in [5.74, 6) is 3.14. The van der Waals surface area contributed by atoms with Gasteiger partial charge in [-0.2, -0.15) is 0 Å². The molecule has 0 saturated heterocycles. The lowest BCUT2D eigenvalue weighted by molar-refractivity contribution is -0.136. The minimum absolute atomic E-state index is 0.0279. The number of carbonyl (C=O) groups excluding carboxylic acids is 1. The van der Waals surface area contributed by atoms with Crippen LogP contribution >= 0.6 is 0 Å². The number of aliphatic hydroxyl groups is 1. The SMILES string of the molecule is C=C1CC(O)CC2CCC3C4CCC(=O)C4(C)CCC3C12C.